The third kappa shape index (κ3) is 7.91. The third-order valence-electron chi connectivity index (χ3n) is 5.97. The summed E-state index contributed by atoms with van der Waals surface area (Å²) in [5.74, 6) is -0.380. The van der Waals surface area contributed by atoms with Crippen molar-refractivity contribution in [2.75, 3.05) is 0 Å². The van der Waals surface area contributed by atoms with Crippen molar-refractivity contribution >= 4 is 11.8 Å². The molecule has 0 aliphatic heterocycles. The zero-order chi connectivity index (χ0) is 21.8. The lowest BCUT2D eigenvalue weighted by Crippen LogP contribution is -2.15. The minimum absolute atomic E-state index is 0.0735. The van der Waals surface area contributed by atoms with Crippen LogP contribution in [0.3, 0.4) is 0 Å². The molecule has 4 nitrogen and oxygen atoms in total. The Kier molecular flexibility index (Phi) is 10.6. The summed E-state index contributed by atoms with van der Waals surface area (Å²) in [5.41, 5.74) is 1.17. The largest absolute Gasteiger partial charge is 0.481 e. The summed E-state index contributed by atoms with van der Waals surface area (Å²) >= 11 is 0. The summed E-state index contributed by atoms with van der Waals surface area (Å²) in [4.78, 5) is 23.4. The topological polar surface area (TPSA) is 74.6 Å². The number of rotatable bonds is 13. The van der Waals surface area contributed by atoms with Gasteiger partial charge < -0.3 is 10.2 Å². The molecule has 4 heteroatoms. The standard InChI is InChI=1S/C26H36O4/c1-2-3-7-14-21(27)17-18-22-23(15-10-4-5-11-16-26(29)30)25(28)19-24(22)20-12-8-6-9-13-20/h4,6,8-10,12-13,17-18,21-24,27H,2-3,5,7,11,14-16,19H2,1H3,(H,29,30)/t21-,22?,23?,24?/m1/s1. The van der Waals surface area contributed by atoms with Crippen LogP contribution in [0, 0.1) is 11.8 Å². The highest BCUT2D eigenvalue weighted by molar-refractivity contribution is 5.85. The van der Waals surface area contributed by atoms with Crippen LogP contribution < -0.4 is 0 Å². The molecule has 0 amide bonds. The van der Waals surface area contributed by atoms with Gasteiger partial charge in [-0.25, -0.2) is 0 Å². The highest BCUT2D eigenvalue weighted by atomic mass is 16.4. The Hall–Kier alpha value is -2.20. The second kappa shape index (κ2) is 13.2. The molecular formula is C26H36O4. The SMILES string of the molecule is CCCCC[C@@H](O)C=CC1C(CC=CCCCC(=O)O)C(=O)CC1c1ccccc1. The van der Waals surface area contributed by atoms with E-state index in [0.29, 0.717) is 25.7 Å². The quantitative estimate of drug-likeness (QED) is 0.323. The van der Waals surface area contributed by atoms with Crippen LogP contribution in [0.1, 0.15) is 76.2 Å². The molecule has 1 aliphatic rings. The van der Waals surface area contributed by atoms with Gasteiger partial charge in [-0.3, -0.25) is 9.59 Å². The minimum Gasteiger partial charge on any atom is -0.481 e. The molecule has 164 valence electrons. The molecule has 0 spiro atoms. The van der Waals surface area contributed by atoms with Crippen LogP contribution in [0.25, 0.3) is 0 Å². The maximum absolute atomic E-state index is 12.8. The monoisotopic (exact) mass is 412 g/mol. The normalized spacial score (nSPS) is 22.9. The number of hydrogen-bond donors (Lipinski definition) is 2. The zero-order valence-electron chi connectivity index (χ0n) is 18.1. The molecule has 1 fully saturated rings. The van der Waals surface area contributed by atoms with Crippen LogP contribution in [0.15, 0.2) is 54.6 Å². The fourth-order valence-corrected chi connectivity index (χ4v) is 4.28. The van der Waals surface area contributed by atoms with Crippen LogP contribution in [-0.4, -0.2) is 28.1 Å². The first kappa shape index (κ1) is 24.1. The van der Waals surface area contributed by atoms with Crippen molar-refractivity contribution in [1.29, 1.82) is 0 Å². The number of carbonyl (C=O) groups excluding carboxylic acids is 1. The van der Waals surface area contributed by atoms with E-state index < -0.39 is 12.1 Å². The van der Waals surface area contributed by atoms with Gasteiger partial charge in [-0.2, -0.15) is 0 Å². The number of aliphatic hydroxyl groups excluding tert-OH is 1. The fourth-order valence-electron chi connectivity index (χ4n) is 4.28. The highest BCUT2D eigenvalue weighted by Gasteiger charge is 2.40. The van der Waals surface area contributed by atoms with Crippen molar-refractivity contribution in [3.8, 4) is 0 Å². The van der Waals surface area contributed by atoms with Gasteiger partial charge in [0.25, 0.3) is 0 Å². The summed E-state index contributed by atoms with van der Waals surface area (Å²) in [6, 6.07) is 10.2. The number of carboxylic acid groups (broad SMARTS) is 1. The van der Waals surface area contributed by atoms with Crippen molar-refractivity contribution in [1.82, 2.24) is 0 Å². The number of hydrogen-bond acceptors (Lipinski definition) is 3. The number of ketones is 1. The summed E-state index contributed by atoms with van der Waals surface area (Å²) in [5, 5.41) is 19.1. The predicted octanol–water partition coefficient (Wildman–Crippen LogP) is 5.67. The lowest BCUT2D eigenvalue weighted by molar-refractivity contribution is -0.137. The molecule has 4 atom stereocenters. The molecule has 0 heterocycles. The molecule has 0 radical (unpaired) electrons. The summed E-state index contributed by atoms with van der Waals surface area (Å²) < 4.78 is 0. The van der Waals surface area contributed by atoms with Crippen molar-refractivity contribution in [2.45, 2.75) is 76.7 Å². The van der Waals surface area contributed by atoms with Gasteiger partial charge in [-0.15, -0.1) is 0 Å². The number of aliphatic carboxylic acids is 1. The summed E-state index contributed by atoms with van der Waals surface area (Å²) in [6.45, 7) is 2.15. The van der Waals surface area contributed by atoms with E-state index in [-0.39, 0.29) is 30.0 Å². The highest BCUT2D eigenvalue weighted by Crippen LogP contribution is 2.44. The Morgan fingerprint density at radius 1 is 1.17 bits per heavy atom. The molecule has 1 aromatic carbocycles. The minimum atomic E-state index is -0.775. The molecule has 2 rings (SSSR count). The van der Waals surface area contributed by atoms with Gasteiger partial charge in [0, 0.05) is 18.8 Å². The van der Waals surface area contributed by atoms with Crippen LogP contribution in [0.5, 0.6) is 0 Å². The second-order valence-electron chi connectivity index (χ2n) is 8.31. The Bertz CT molecular complexity index is 707. The first-order chi connectivity index (χ1) is 14.5. The van der Waals surface area contributed by atoms with Gasteiger partial charge in [-0.1, -0.05) is 80.8 Å². The number of Topliss-reactive ketones (excluding diaryl/α,β-unsaturated/α-hetero) is 1. The van der Waals surface area contributed by atoms with Gasteiger partial charge in [0.05, 0.1) is 6.10 Å². The first-order valence-electron chi connectivity index (χ1n) is 11.3. The number of benzene rings is 1. The van der Waals surface area contributed by atoms with Crippen LogP contribution >= 0.6 is 0 Å². The summed E-state index contributed by atoms with van der Waals surface area (Å²) in [7, 11) is 0. The third-order valence-corrected chi connectivity index (χ3v) is 5.97. The lowest BCUT2D eigenvalue weighted by atomic mass is 9.82. The smallest absolute Gasteiger partial charge is 0.303 e. The number of carboxylic acids is 1. The van der Waals surface area contributed by atoms with Crippen LogP contribution in [-0.2, 0) is 9.59 Å². The Morgan fingerprint density at radius 3 is 2.63 bits per heavy atom. The molecular weight excluding hydrogens is 376 g/mol. The van der Waals surface area contributed by atoms with E-state index in [2.05, 4.69) is 25.1 Å². The van der Waals surface area contributed by atoms with Crippen molar-refractivity contribution in [3.63, 3.8) is 0 Å². The average molecular weight is 413 g/mol. The molecule has 0 bridgehead atoms. The van der Waals surface area contributed by atoms with Gasteiger partial charge in [0.1, 0.15) is 5.78 Å². The van der Waals surface area contributed by atoms with E-state index >= 15 is 0 Å². The van der Waals surface area contributed by atoms with Crippen LogP contribution in [0.2, 0.25) is 0 Å². The zero-order valence-corrected chi connectivity index (χ0v) is 18.1. The van der Waals surface area contributed by atoms with E-state index in [1.54, 1.807) is 0 Å². The van der Waals surface area contributed by atoms with Crippen LogP contribution in [0.4, 0.5) is 0 Å². The molecule has 30 heavy (non-hydrogen) atoms. The average Bonchev–Trinajstić information content (AvgIpc) is 3.05. The lowest BCUT2D eigenvalue weighted by Gasteiger charge is -2.21. The number of unbranched alkanes of at least 4 members (excludes halogenated alkanes) is 3. The molecule has 1 saturated carbocycles. The van der Waals surface area contributed by atoms with Gasteiger partial charge in [0.2, 0.25) is 0 Å². The van der Waals surface area contributed by atoms with E-state index in [4.69, 9.17) is 5.11 Å². The molecule has 0 saturated heterocycles. The molecule has 1 aromatic rings. The Labute approximate surface area is 180 Å². The van der Waals surface area contributed by atoms with Crippen molar-refractivity contribution < 1.29 is 19.8 Å². The van der Waals surface area contributed by atoms with E-state index in [1.165, 1.54) is 5.56 Å². The first-order valence-corrected chi connectivity index (χ1v) is 11.3. The number of allylic oxidation sites excluding steroid dienone is 3. The summed E-state index contributed by atoms with van der Waals surface area (Å²) in [6.07, 6.45) is 14.2. The van der Waals surface area contributed by atoms with Gasteiger partial charge in [-0.05, 0) is 43.1 Å². The van der Waals surface area contributed by atoms with Gasteiger partial charge >= 0.3 is 5.97 Å². The van der Waals surface area contributed by atoms with E-state index in [0.717, 1.165) is 25.7 Å². The van der Waals surface area contributed by atoms with E-state index in [1.807, 2.05) is 36.4 Å². The van der Waals surface area contributed by atoms with Crippen molar-refractivity contribution in [2.24, 2.45) is 11.8 Å². The van der Waals surface area contributed by atoms with Gasteiger partial charge in [0.15, 0.2) is 0 Å². The second-order valence-corrected chi connectivity index (χ2v) is 8.31. The Morgan fingerprint density at radius 2 is 1.93 bits per heavy atom. The number of carbonyl (C=O) groups is 2. The maximum atomic E-state index is 12.8. The molecule has 2 N–H and O–H groups in total. The predicted molar refractivity (Wildman–Crippen MR) is 120 cm³/mol. The Balaban J connectivity index is 2.06. The van der Waals surface area contributed by atoms with Crippen molar-refractivity contribution in [3.05, 3.63) is 60.2 Å². The molecule has 1 aliphatic carbocycles. The fraction of sp³-hybridized carbons (Fsp3) is 0.538. The van der Waals surface area contributed by atoms with E-state index in [9.17, 15) is 14.7 Å². The molecule has 3 unspecified atom stereocenters. The maximum Gasteiger partial charge on any atom is 0.303 e. The number of aliphatic hydroxyl groups is 1. The molecule has 0 aromatic heterocycles.